The van der Waals surface area contributed by atoms with Crippen LogP contribution in [0.4, 0.5) is 0 Å². The smallest absolute Gasteiger partial charge is 0.232 e. The van der Waals surface area contributed by atoms with E-state index in [-0.39, 0.29) is 5.57 Å². The van der Waals surface area contributed by atoms with E-state index in [9.17, 15) is 19.8 Å². The Morgan fingerprint density at radius 1 is 1.18 bits per heavy atom. The fourth-order valence-electron chi connectivity index (χ4n) is 2.60. The van der Waals surface area contributed by atoms with Crippen LogP contribution in [0.2, 0.25) is 0 Å². The Balaban J connectivity index is 2.34. The SMILES string of the molecule is COc1ccc2[nH]c(C)c(C3=C(O)C(=O)C=C(O)C3=O)c2c1. The van der Waals surface area contributed by atoms with Gasteiger partial charge in [-0.3, -0.25) is 9.59 Å². The van der Waals surface area contributed by atoms with Crippen LogP contribution in [0.15, 0.2) is 35.8 Å². The molecular weight excluding hydrogens is 286 g/mol. The Morgan fingerprint density at radius 3 is 2.59 bits per heavy atom. The summed E-state index contributed by atoms with van der Waals surface area (Å²) in [4.78, 5) is 27.0. The average Bonchev–Trinajstić information content (AvgIpc) is 2.81. The van der Waals surface area contributed by atoms with E-state index in [1.54, 1.807) is 25.1 Å². The van der Waals surface area contributed by atoms with Crippen molar-refractivity contribution in [2.45, 2.75) is 6.92 Å². The number of H-pyrrole nitrogens is 1. The minimum atomic E-state index is -0.802. The maximum atomic E-state index is 12.2. The first-order chi connectivity index (χ1) is 10.4. The van der Waals surface area contributed by atoms with E-state index in [0.29, 0.717) is 28.5 Å². The third-order valence-corrected chi connectivity index (χ3v) is 3.64. The summed E-state index contributed by atoms with van der Waals surface area (Å²) in [7, 11) is 1.51. The number of aliphatic hydroxyl groups is 2. The molecule has 0 spiro atoms. The molecule has 1 aromatic carbocycles. The first-order valence-electron chi connectivity index (χ1n) is 6.53. The normalized spacial score (nSPS) is 15.5. The van der Waals surface area contributed by atoms with Gasteiger partial charge in [0.05, 0.1) is 12.7 Å². The van der Waals surface area contributed by atoms with Crippen LogP contribution in [0.1, 0.15) is 11.3 Å². The zero-order valence-corrected chi connectivity index (χ0v) is 11.9. The lowest BCUT2D eigenvalue weighted by atomic mass is 9.91. The molecule has 0 unspecified atom stereocenters. The molecule has 6 heteroatoms. The summed E-state index contributed by atoms with van der Waals surface area (Å²) in [5.74, 6) is -2.38. The number of rotatable bonds is 2. The monoisotopic (exact) mass is 299 g/mol. The van der Waals surface area contributed by atoms with Crippen LogP contribution in [-0.2, 0) is 9.59 Å². The second-order valence-corrected chi connectivity index (χ2v) is 4.98. The standard InChI is InChI=1S/C16H13NO5/c1-7-13(9-5-8(22-2)3-4-10(9)17-7)14-15(20)11(18)6-12(19)16(14)21/h3-6,17-18,21H,1-2H3. The molecule has 0 amide bonds. The number of aromatic amines is 1. The van der Waals surface area contributed by atoms with E-state index >= 15 is 0 Å². The number of nitrogens with one attached hydrogen (secondary N) is 1. The zero-order chi connectivity index (χ0) is 16.0. The Morgan fingerprint density at radius 2 is 1.91 bits per heavy atom. The number of ketones is 2. The van der Waals surface area contributed by atoms with Crippen molar-refractivity contribution in [1.29, 1.82) is 0 Å². The molecule has 3 N–H and O–H groups in total. The van der Waals surface area contributed by atoms with Crippen LogP contribution in [0, 0.1) is 6.92 Å². The minimum Gasteiger partial charge on any atom is -0.504 e. The third kappa shape index (κ3) is 1.88. The molecule has 2 aromatic rings. The van der Waals surface area contributed by atoms with Crippen molar-refractivity contribution in [3.05, 3.63) is 47.1 Å². The van der Waals surface area contributed by atoms with Gasteiger partial charge in [-0.15, -0.1) is 0 Å². The number of ether oxygens (including phenoxy) is 1. The Labute approximate surface area is 125 Å². The number of aryl methyl sites for hydroxylation is 1. The lowest BCUT2D eigenvalue weighted by Gasteiger charge is -2.13. The van der Waals surface area contributed by atoms with Gasteiger partial charge in [-0.1, -0.05) is 0 Å². The van der Waals surface area contributed by atoms with Crippen LogP contribution >= 0.6 is 0 Å². The number of allylic oxidation sites excluding steroid dienone is 2. The van der Waals surface area contributed by atoms with Crippen molar-refractivity contribution >= 4 is 28.0 Å². The number of fused-ring (bicyclic) bond motifs is 1. The topological polar surface area (TPSA) is 99.6 Å². The number of Topliss-reactive ketones (excluding diaryl/α,β-unsaturated/α-hetero) is 1. The van der Waals surface area contributed by atoms with Crippen molar-refractivity contribution in [2.24, 2.45) is 0 Å². The number of carbonyl (C=O) groups is 2. The quantitative estimate of drug-likeness (QED) is 0.739. The predicted molar refractivity (Wildman–Crippen MR) is 79.9 cm³/mol. The van der Waals surface area contributed by atoms with Crippen molar-refractivity contribution < 1.29 is 24.5 Å². The van der Waals surface area contributed by atoms with Gasteiger partial charge in [0.15, 0.2) is 11.5 Å². The number of hydrogen-bond donors (Lipinski definition) is 3. The fraction of sp³-hybridized carbons (Fsp3) is 0.125. The Kier molecular flexibility index (Phi) is 3.02. The molecule has 0 saturated heterocycles. The van der Waals surface area contributed by atoms with Crippen LogP contribution in [0.5, 0.6) is 5.75 Å². The number of benzene rings is 1. The number of methoxy groups -OCH3 is 1. The highest BCUT2D eigenvalue weighted by atomic mass is 16.5. The fourth-order valence-corrected chi connectivity index (χ4v) is 2.60. The van der Waals surface area contributed by atoms with Gasteiger partial charge in [0.25, 0.3) is 0 Å². The average molecular weight is 299 g/mol. The van der Waals surface area contributed by atoms with Gasteiger partial charge in [0.2, 0.25) is 11.6 Å². The maximum absolute atomic E-state index is 12.2. The molecule has 0 saturated carbocycles. The van der Waals surface area contributed by atoms with Gasteiger partial charge in [0.1, 0.15) is 5.75 Å². The second-order valence-electron chi connectivity index (χ2n) is 4.98. The first kappa shape index (κ1) is 13.9. The summed E-state index contributed by atoms with van der Waals surface area (Å²) in [5.41, 5.74) is 1.50. The van der Waals surface area contributed by atoms with Crippen molar-refractivity contribution in [3.8, 4) is 5.75 Å². The molecule has 0 fully saturated rings. The van der Waals surface area contributed by atoms with Gasteiger partial charge >= 0.3 is 0 Å². The summed E-state index contributed by atoms with van der Waals surface area (Å²) in [6.07, 6.45) is 0.714. The summed E-state index contributed by atoms with van der Waals surface area (Å²) >= 11 is 0. The van der Waals surface area contributed by atoms with Gasteiger partial charge < -0.3 is 19.9 Å². The molecule has 112 valence electrons. The number of aliphatic hydroxyl groups excluding tert-OH is 2. The van der Waals surface area contributed by atoms with Crippen molar-refractivity contribution in [3.63, 3.8) is 0 Å². The van der Waals surface area contributed by atoms with Crippen LogP contribution in [0.3, 0.4) is 0 Å². The van der Waals surface area contributed by atoms with Gasteiger partial charge in [0, 0.05) is 28.2 Å². The molecule has 22 heavy (non-hydrogen) atoms. The summed E-state index contributed by atoms with van der Waals surface area (Å²) in [6.45, 7) is 1.72. The van der Waals surface area contributed by atoms with Crippen molar-refractivity contribution in [2.75, 3.05) is 7.11 Å². The largest absolute Gasteiger partial charge is 0.504 e. The molecule has 0 radical (unpaired) electrons. The maximum Gasteiger partial charge on any atom is 0.232 e. The Hall–Kier alpha value is -3.02. The van der Waals surface area contributed by atoms with Gasteiger partial charge in [-0.2, -0.15) is 0 Å². The molecule has 1 aromatic heterocycles. The number of hydrogen-bond acceptors (Lipinski definition) is 5. The van der Waals surface area contributed by atoms with E-state index in [1.807, 2.05) is 0 Å². The summed E-state index contributed by atoms with van der Waals surface area (Å²) in [6, 6.07) is 5.22. The van der Waals surface area contributed by atoms with Crippen LogP contribution < -0.4 is 4.74 Å². The van der Waals surface area contributed by atoms with E-state index < -0.39 is 23.1 Å². The van der Waals surface area contributed by atoms with Gasteiger partial charge in [-0.05, 0) is 25.1 Å². The van der Waals surface area contributed by atoms with E-state index in [1.165, 1.54) is 7.11 Å². The second kappa shape index (κ2) is 4.77. The van der Waals surface area contributed by atoms with Gasteiger partial charge in [-0.25, -0.2) is 0 Å². The van der Waals surface area contributed by atoms with E-state index in [2.05, 4.69) is 4.98 Å². The predicted octanol–water partition coefficient (Wildman–Crippen LogP) is 2.35. The molecule has 0 bridgehead atoms. The molecule has 1 heterocycles. The molecule has 1 aliphatic carbocycles. The molecule has 6 nitrogen and oxygen atoms in total. The lowest BCUT2D eigenvalue weighted by molar-refractivity contribution is -0.117. The van der Waals surface area contributed by atoms with Crippen LogP contribution in [-0.4, -0.2) is 33.9 Å². The third-order valence-electron chi connectivity index (χ3n) is 3.64. The zero-order valence-electron chi connectivity index (χ0n) is 11.9. The molecule has 0 aliphatic heterocycles. The summed E-state index contributed by atoms with van der Waals surface area (Å²) in [5, 5.41) is 20.2. The highest BCUT2D eigenvalue weighted by Crippen LogP contribution is 2.35. The lowest BCUT2D eigenvalue weighted by Crippen LogP contribution is -2.18. The van der Waals surface area contributed by atoms with Crippen molar-refractivity contribution in [1.82, 2.24) is 4.98 Å². The molecule has 0 atom stereocenters. The molecule has 1 aliphatic rings. The number of carbonyl (C=O) groups excluding carboxylic acids is 2. The molecular formula is C16H13NO5. The van der Waals surface area contributed by atoms with E-state index in [4.69, 9.17) is 4.74 Å². The first-order valence-corrected chi connectivity index (χ1v) is 6.53. The highest BCUT2D eigenvalue weighted by Gasteiger charge is 2.32. The van der Waals surface area contributed by atoms with Crippen LogP contribution in [0.25, 0.3) is 16.5 Å². The summed E-state index contributed by atoms with van der Waals surface area (Å²) < 4.78 is 5.16. The number of aromatic nitrogens is 1. The minimum absolute atomic E-state index is 0.206. The Bertz CT molecular complexity index is 885. The molecule has 3 rings (SSSR count). The highest BCUT2D eigenvalue weighted by molar-refractivity contribution is 6.38. The van der Waals surface area contributed by atoms with E-state index in [0.717, 1.165) is 5.52 Å².